The van der Waals surface area contributed by atoms with Gasteiger partial charge in [0.25, 0.3) is 0 Å². The summed E-state index contributed by atoms with van der Waals surface area (Å²) < 4.78 is 5.48. The van der Waals surface area contributed by atoms with Crippen molar-refractivity contribution in [3.63, 3.8) is 0 Å². The Morgan fingerprint density at radius 2 is 2.00 bits per heavy atom. The van der Waals surface area contributed by atoms with Crippen LogP contribution in [0.15, 0.2) is 29.4 Å². The number of aromatic amines is 1. The van der Waals surface area contributed by atoms with Crippen LogP contribution in [0.2, 0.25) is 0 Å². The highest BCUT2D eigenvalue weighted by atomic mass is 16.6. The molecule has 7 heteroatoms. The smallest absolute Gasteiger partial charge is 0.410 e. The predicted molar refractivity (Wildman–Crippen MR) is 127 cm³/mol. The van der Waals surface area contributed by atoms with Gasteiger partial charge in [0, 0.05) is 50.3 Å². The number of likely N-dealkylation sites (tertiary alicyclic amines) is 1. The van der Waals surface area contributed by atoms with E-state index in [2.05, 4.69) is 51.9 Å². The fraction of sp³-hybridized carbons (Fsp3) is 0.583. The van der Waals surface area contributed by atoms with Gasteiger partial charge < -0.3 is 25.3 Å². The minimum Gasteiger partial charge on any atom is -0.444 e. The van der Waals surface area contributed by atoms with Crippen LogP contribution in [0, 0.1) is 12.8 Å². The molecule has 1 aliphatic heterocycles. The molecule has 0 aliphatic carbocycles. The third-order valence-electron chi connectivity index (χ3n) is 5.66. The Bertz CT molecular complexity index is 904. The zero-order valence-corrected chi connectivity index (χ0v) is 19.5. The van der Waals surface area contributed by atoms with Crippen molar-refractivity contribution in [3.05, 3.63) is 35.5 Å². The van der Waals surface area contributed by atoms with Crippen LogP contribution in [0.5, 0.6) is 0 Å². The zero-order valence-electron chi connectivity index (χ0n) is 19.5. The molecule has 1 fully saturated rings. The lowest BCUT2D eigenvalue weighted by atomic mass is 9.97. The van der Waals surface area contributed by atoms with Gasteiger partial charge in [-0.15, -0.1) is 0 Å². The van der Waals surface area contributed by atoms with E-state index < -0.39 is 5.60 Å². The number of nitrogens with one attached hydrogen (secondary N) is 3. The van der Waals surface area contributed by atoms with Crippen LogP contribution in [-0.2, 0) is 11.2 Å². The summed E-state index contributed by atoms with van der Waals surface area (Å²) in [4.78, 5) is 21.7. The summed E-state index contributed by atoms with van der Waals surface area (Å²) in [6.07, 6.45) is 4.76. The summed E-state index contributed by atoms with van der Waals surface area (Å²) in [6, 6.07) is 6.52. The maximum atomic E-state index is 12.2. The second kappa shape index (κ2) is 10.1. The van der Waals surface area contributed by atoms with Crippen molar-refractivity contribution in [1.82, 2.24) is 20.5 Å². The minimum atomic E-state index is -0.445. The van der Waals surface area contributed by atoms with Crippen molar-refractivity contribution in [2.45, 2.75) is 52.6 Å². The number of amides is 1. The third kappa shape index (κ3) is 6.64. The molecule has 2 aromatic rings. The molecule has 1 aliphatic rings. The molecule has 0 radical (unpaired) electrons. The summed E-state index contributed by atoms with van der Waals surface area (Å²) in [6.45, 7) is 11.0. The molecule has 0 saturated carbocycles. The van der Waals surface area contributed by atoms with Gasteiger partial charge in [0.2, 0.25) is 0 Å². The molecule has 1 aromatic carbocycles. The van der Waals surface area contributed by atoms with Gasteiger partial charge in [-0.05, 0) is 70.1 Å². The molecule has 0 spiro atoms. The maximum absolute atomic E-state index is 12.2. The SMILES string of the molecule is CN=C(NCCc1c[nH]c2cc(C)ccc12)NCC1CCN(C(=O)OC(C)(C)C)CC1. The number of carbonyl (C=O) groups excluding carboxylic acids is 1. The highest BCUT2D eigenvalue weighted by Crippen LogP contribution is 2.20. The number of nitrogens with zero attached hydrogens (tertiary/aromatic N) is 2. The molecule has 2 heterocycles. The lowest BCUT2D eigenvalue weighted by molar-refractivity contribution is 0.0185. The minimum absolute atomic E-state index is 0.205. The first-order valence-corrected chi connectivity index (χ1v) is 11.2. The van der Waals surface area contributed by atoms with E-state index in [1.165, 1.54) is 22.0 Å². The predicted octanol–water partition coefficient (Wildman–Crippen LogP) is 3.83. The second-order valence-corrected chi connectivity index (χ2v) is 9.40. The van der Waals surface area contributed by atoms with Crippen LogP contribution >= 0.6 is 0 Å². The first-order chi connectivity index (χ1) is 14.7. The summed E-state index contributed by atoms with van der Waals surface area (Å²) in [5.41, 5.74) is 3.32. The van der Waals surface area contributed by atoms with Crippen LogP contribution in [0.25, 0.3) is 10.9 Å². The average molecular weight is 428 g/mol. The van der Waals surface area contributed by atoms with Crippen molar-refractivity contribution in [2.24, 2.45) is 10.9 Å². The van der Waals surface area contributed by atoms with Crippen molar-refractivity contribution >= 4 is 23.0 Å². The van der Waals surface area contributed by atoms with Gasteiger partial charge in [0.15, 0.2) is 5.96 Å². The molecule has 0 unspecified atom stereocenters. The molecule has 31 heavy (non-hydrogen) atoms. The number of aromatic nitrogens is 1. The normalized spacial score (nSPS) is 15.9. The van der Waals surface area contributed by atoms with Crippen LogP contribution < -0.4 is 10.6 Å². The topological polar surface area (TPSA) is 81.8 Å². The van der Waals surface area contributed by atoms with E-state index in [9.17, 15) is 4.79 Å². The fourth-order valence-corrected chi connectivity index (χ4v) is 3.93. The highest BCUT2D eigenvalue weighted by Gasteiger charge is 2.26. The Morgan fingerprint density at radius 3 is 2.68 bits per heavy atom. The first-order valence-electron chi connectivity index (χ1n) is 11.2. The number of benzene rings is 1. The molecule has 0 atom stereocenters. The number of ether oxygens (including phenoxy) is 1. The Labute approximate surface area is 185 Å². The number of carbonyl (C=O) groups is 1. The lowest BCUT2D eigenvalue weighted by Crippen LogP contribution is -2.45. The zero-order chi connectivity index (χ0) is 22.4. The summed E-state index contributed by atoms with van der Waals surface area (Å²) in [5, 5.41) is 8.14. The van der Waals surface area contributed by atoms with Gasteiger partial charge in [-0.1, -0.05) is 12.1 Å². The number of hydrogen-bond acceptors (Lipinski definition) is 3. The van der Waals surface area contributed by atoms with E-state index in [0.29, 0.717) is 5.92 Å². The molecule has 1 saturated heterocycles. The van der Waals surface area contributed by atoms with Gasteiger partial charge in [-0.2, -0.15) is 0 Å². The van der Waals surface area contributed by atoms with Crippen LogP contribution in [-0.4, -0.2) is 60.8 Å². The quantitative estimate of drug-likeness (QED) is 0.500. The monoisotopic (exact) mass is 427 g/mol. The first kappa shape index (κ1) is 23.0. The number of hydrogen-bond donors (Lipinski definition) is 3. The molecular weight excluding hydrogens is 390 g/mol. The number of rotatable bonds is 5. The van der Waals surface area contributed by atoms with Crippen molar-refractivity contribution in [3.8, 4) is 0 Å². The Hall–Kier alpha value is -2.70. The second-order valence-electron chi connectivity index (χ2n) is 9.40. The molecule has 3 rings (SSSR count). The number of piperidine rings is 1. The summed E-state index contributed by atoms with van der Waals surface area (Å²) >= 11 is 0. The van der Waals surface area contributed by atoms with Crippen molar-refractivity contribution < 1.29 is 9.53 Å². The molecule has 1 amide bonds. The van der Waals surface area contributed by atoms with Gasteiger partial charge in [-0.25, -0.2) is 4.79 Å². The average Bonchev–Trinajstić information content (AvgIpc) is 3.11. The summed E-state index contributed by atoms with van der Waals surface area (Å²) in [5.74, 6) is 1.35. The van der Waals surface area contributed by atoms with E-state index in [4.69, 9.17) is 4.74 Å². The lowest BCUT2D eigenvalue weighted by Gasteiger charge is -2.33. The standard InChI is InChI=1S/C24H37N5O2/c1-17-6-7-20-19(16-27-21(20)14-17)8-11-26-22(25-5)28-15-18-9-12-29(13-10-18)23(30)31-24(2,3)4/h6-7,14,16,18,27H,8-13,15H2,1-5H3,(H2,25,26,28). The Kier molecular flexibility index (Phi) is 7.46. The van der Waals surface area contributed by atoms with Gasteiger partial charge in [0.1, 0.15) is 5.60 Å². The van der Waals surface area contributed by atoms with Crippen molar-refractivity contribution in [2.75, 3.05) is 33.2 Å². The Balaban J connectivity index is 1.38. The molecule has 0 bridgehead atoms. The fourth-order valence-electron chi connectivity index (χ4n) is 3.93. The maximum Gasteiger partial charge on any atom is 0.410 e. The molecular formula is C24H37N5O2. The van der Waals surface area contributed by atoms with E-state index >= 15 is 0 Å². The van der Waals surface area contributed by atoms with E-state index in [1.54, 1.807) is 7.05 Å². The third-order valence-corrected chi connectivity index (χ3v) is 5.66. The molecule has 1 aromatic heterocycles. The van der Waals surface area contributed by atoms with Crippen LogP contribution in [0.4, 0.5) is 4.79 Å². The van der Waals surface area contributed by atoms with Gasteiger partial charge in [0.05, 0.1) is 0 Å². The number of H-pyrrole nitrogens is 1. The van der Waals surface area contributed by atoms with Gasteiger partial charge >= 0.3 is 6.09 Å². The van der Waals surface area contributed by atoms with E-state index in [-0.39, 0.29) is 6.09 Å². The molecule has 170 valence electrons. The molecule has 3 N–H and O–H groups in total. The van der Waals surface area contributed by atoms with Crippen LogP contribution in [0.1, 0.15) is 44.7 Å². The molecule has 7 nitrogen and oxygen atoms in total. The number of guanidine groups is 1. The van der Waals surface area contributed by atoms with Crippen LogP contribution in [0.3, 0.4) is 0 Å². The number of aliphatic imine (C=N–C) groups is 1. The van der Waals surface area contributed by atoms with Gasteiger partial charge in [-0.3, -0.25) is 4.99 Å². The van der Waals surface area contributed by atoms with E-state index in [1.807, 2.05) is 25.7 Å². The summed E-state index contributed by atoms with van der Waals surface area (Å²) in [7, 11) is 1.80. The van der Waals surface area contributed by atoms with E-state index in [0.717, 1.165) is 51.4 Å². The number of aryl methyl sites for hydroxylation is 1. The Morgan fingerprint density at radius 1 is 1.26 bits per heavy atom. The number of fused-ring (bicyclic) bond motifs is 1. The largest absolute Gasteiger partial charge is 0.444 e. The van der Waals surface area contributed by atoms with Crippen molar-refractivity contribution in [1.29, 1.82) is 0 Å². The highest BCUT2D eigenvalue weighted by molar-refractivity contribution is 5.84.